The van der Waals surface area contributed by atoms with Gasteiger partial charge in [-0.05, 0) is 5.92 Å². The van der Waals surface area contributed by atoms with Crippen molar-refractivity contribution in [3.63, 3.8) is 0 Å². The fourth-order valence-corrected chi connectivity index (χ4v) is 0.996. The Balaban J connectivity index is 4.25. The molecule has 0 aliphatic carbocycles. The molecule has 0 heterocycles. The van der Waals surface area contributed by atoms with Crippen molar-refractivity contribution in [2.24, 2.45) is 11.7 Å². The van der Waals surface area contributed by atoms with Crippen LogP contribution in [0, 0.1) is 5.92 Å². The molecule has 0 rings (SSSR count). The second-order valence-electron chi connectivity index (χ2n) is 3.92. The monoisotopic (exact) mass is 247 g/mol. The highest BCUT2D eigenvalue weighted by Crippen LogP contribution is 2.24. The summed E-state index contributed by atoms with van der Waals surface area (Å²) in [5.41, 5.74) is 5.56. The number of nitrogens with two attached hydrogens (primary N) is 1. The van der Waals surface area contributed by atoms with Gasteiger partial charge in [-0.2, -0.15) is 8.78 Å². The van der Waals surface area contributed by atoms with E-state index in [2.05, 4.69) is 4.74 Å². The molecule has 98 valence electrons. The molecule has 0 aromatic rings. The fraction of sp³-hybridized carbons (Fsp3) is 1.00. The van der Waals surface area contributed by atoms with Crippen LogP contribution in [0.5, 0.6) is 0 Å². The van der Waals surface area contributed by atoms with Crippen molar-refractivity contribution in [2.45, 2.75) is 38.3 Å². The van der Waals surface area contributed by atoms with Crippen LogP contribution >= 0.6 is 0 Å². The summed E-state index contributed by atoms with van der Waals surface area (Å²) in [7, 11) is 0. The highest BCUT2D eigenvalue weighted by molar-refractivity contribution is 4.78. The Morgan fingerprint density at radius 3 is 2.12 bits per heavy atom. The first-order valence-electron chi connectivity index (χ1n) is 4.86. The zero-order chi connectivity index (χ0) is 12.9. The van der Waals surface area contributed by atoms with Gasteiger partial charge in [-0.25, -0.2) is 8.78 Å². The third kappa shape index (κ3) is 4.63. The van der Waals surface area contributed by atoms with Crippen molar-refractivity contribution in [1.82, 2.24) is 0 Å². The van der Waals surface area contributed by atoms with Crippen molar-refractivity contribution >= 4 is 0 Å². The second-order valence-corrected chi connectivity index (χ2v) is 3.92. The van der Waals surface area contributed by atoms with E-state index in [1.807, 2.05) is 0 Å². The molecule has 0 aromatic heterocycles. The molecule has 2 unspecified atom stereocenters. The first kappa shape index (κ1) is 15.6. The summed E-state index contributed by atoms with van der Waals surface area (Å²) in [5.74, 6) is -4.33. The molecule has 0 fully saturated rings. The van der Waals surface area contributed by atoms with E-state index in [-0.39, 0.29) is 5.92 Å². The van der Waals surface area contributed by atoms with Gasteiger partial charge in [0.05, 0.1) is 12.7 Å². The Labute approximate surface area is 91.6 Å². The lowest BCUT2D eigenvalue weighted by atomic mass is 10.00. The maximum atomic E-state index is 12.5. The summed E-state index contributed by atoms with van der Waals surface area (Å²) in [5, 5.41) is 8.84. The molecule has 3 N–H and O–H groups in total. The summed E-state index contributed by atoms with van der Waals surface area (Å²) in [6.07, 6.45) is -4.85. The number of aliphatic hydroxyl groups excluding tert-OH is 1. The average Bonchev–Trinajstić information content (AvgIpc) is 2.17. The lowest BCUT2D eigenvalue weighted by Gasteiger charge is -2.27. The van der Waals surface area contributed by atoms with E-state index >= 15 is 0 Å². The van der Waals surface area contributed by atoms with Crippen LogP contribution in [0.15, 0.2) is 0 Å². The van der Waals surface area contributed by atoms with E-state index in [1.165, 1.54) is 0 Å². The van der Waals surface area contributed by atoms with Gasteiger partial charge in [-0.1, -0.05) is 13.8 Å². The van der Waals surface area contributed by atoms with Crippen molar-refractivity contribution in [1.29, 1.82) is 0 Å². The van der Waals surface area contributed by atoms with Gasteiger partial charge in [-0.15, -0.1) is 0 Å². The van der Waals surface area contributed by atoms with Crippen molar-refractivity contribution in [3.05, 3.63) is 0 Å². The van der Waals surface area contributed by atoms with E-state index in [4.69, 9.17) is 10.8 Å². The van der Waals surface area contributed by atoms with Gasteiger partial charge in [0, 0.05) is 6.04 Å². The van der Waals surface area contributed by atoms with Gasteiger partial charge in [0.1, 0.15) is 6.61 Å². The molecule has 0 saturated heterocycles. The van der Waals surface area contributed by atoms with E-state index < -0.39 is 37.7 Å². The highest BCUT2D eigenvalue weighted by atomic mass is 19.3. The molecule has 0 aromatic carbocycles. The van der Waals surface area contributed by atoms with Gasteiger partial charge >= 0.3 is 12.3 Å². The van der Waals surface area contributed by atoms with Crippen LogP contribution in [0.2, 0.25) is 0 Å². The zero-order valence-corrected chi connectivity index (χ0v) is 9.17. The van der Waals surface area contributed by atoms with E-state index in [0.717, 1.165) is 0 Å². The molecule has 0 spiro atoms. The van der Waals surface area contributed by atoms with Crippen LogP contribution in [0.25, 0.3) is 0 Å². The topological polar surface area (TPSA) is 55.5 Å². The van der Waals surface area contributed by atoms with E-state index in [1.54, 1.807) is 13.8 Å². The lowest BCUT2D eigenvalue weighted by Crippen LogP contribution is -2.46. The molecule has 3 nitrogen and oxygen atoms in total. The van der Waals surface area contributed by atoms with Crippen LogP contribution in [-0.2, 0) is 4.74 Å². The number of rotatable bonds is 7. The Hall–Kier alpha value is -0.400. The normalized spacial score (nSPS) is 16.9. The maximum absolute atomic E-state index is 12.5. The molecule has 0 saturated carbocycles. The maximum Gasteiger partial charge on any atom is 0.330 e. The van der Waals surface area contributed by atoms with Crippen LogP contribution in [0.3, 0.4) is 0 Å². The summed E-state index contributed by atoms with van der Waals surface area (Å²) in [6, 6.07) is -0.682. The van der Waals surface area contributed by atoms with Gasteiger partial charge in [0.25, 0.3) is 0 Å². The van der Waals surface area contributed by atoms with Crippen LogP contribution in [-0.4, -0.2) is 42.8 Å². The van der Waals surface area contributed by atoms with Gasteiger partial charge in [-0.3, -0.25) is 0 Å². The highest BCUT2D eigenvalue weighted by Gasteiger charge is 2.42. The lowest BCUT2D eigenvalue weighted by molar-refractivity contribution is -0.182. The first-order chi connectivity index (χ1) is 7.22. The molecular weight excluding hydrogens is 230 g/mol. The third-order valence-electron chi connectivity index (χ3n) is 2.19. The molecular formula is C9H17F4NO2. The first-order valence-corrected chi connectivity index (χ1v) is 4.86. The number of ether oxygens (including phenoxy) is 1. The Morgan fingerprint density at radius 2 is 1.81 bits per heavy atom. The molecule has 0 radical (unpaired) electrons. The SMILES string of the molecule is CC(C)C(N)C(CO)OCC(F)(F)C(F)F. The van der Waals surface area contributed by atoms with Crippen LogP contribution in [0.4, 0.5) is 17.6 Å². The number of alkyl halides is 4. The number of hydrogen-bond acceptors (Lipinski definition) is 3. The standard InChI is InChI=1S/C9H17F4NO2/c1-5(2)7(14)6(3-15)16-4-9(12,13)8(10)11/h5-8,15H,3-4,14H2,1-2H3. The quantitative estimate of drug-likeness (QED) is 0.666. The minimum absolute atomic E-state index is 0.114. The Morgan fingerprint density at radius 1 is 1.31 bits per heavy atom. The smallest absolute Gasteiger partial charge is 0.330 e. The van der Waals surface area contributed by atoms with Crippen LogP contribution < -0.4 is 5.73 Å². The molecule has 0 aliphatic heterocycles. The number of aliphatic hydroxyl groups is 1. The second kappa shape index (κ2) is 6.36. The summed E-state index contributed by atoms with van der Waals surface area (Å²) in [6.45, 7) is 1.39. The summed E-state index contributed by atoms with van der Waals surface area (Å²) in [4.78, 5) is 0. The minimum Gasteiger partial charge on any atom is -0.394 e. The number of halogens is 4. The predicted molar refractivity (Wildman–Crippen MR) is 50.6 cm³/mol. The Bertz CT molecular complexity index is 202. The molecule has 7 heteroatoms. The van der Waals surface area contributed by atoms with E-state index in [9.17, 15) is 17.6 Å². The molecule has 0 amide bonds. The summed E-state index contributed by atoms with van der Waals surface area (Å²) < 4.78 is 53.2. The van der Waals surface area contributed by atoms with Crippen molar-refractivity contribution in [3.8, 4) is 0 Å². The average molecular weight is 247 g/mol. The van der Waals surface area contributed by atoms with Crippen molar-refractivity contribution in [2.75, 3.05) is 13.2 Å². The van der Waals surface area contributed by atoms with Gasteiger partial charge in [0.2, 0.25) is 0 Å². The molecule has 16 heavy (non-hydrogen) atoms. The van der Waals surface area contributed by atoms with Crippen molar-refractivity contribution < 1.29 is 27.4 Å². The Kier molecular flexibility index (Phi) is 6.20. The van der Waals surface area contributed by atoms with Gasteiger partial charge < -0.3 is 15.6 Å². The third-order valence-corrected chi connectivity index (χ3v) is 2.19. The van der Waals surface area contributed by atoms with Crippen LogP contribution in [0.1, 0.15) is 13.8 Å². The largest absolute Gasteiger partial charge is 0.394 e. The predicted octanol–water partition coefficient (Wildman–Crippen LogP) is 1.25. The zero-order valence-electron chi connectivity index (χ0n) is 9.17. The van der Waals surface area contributed by atoms with Gasteiger partial charge in [0.15, 0.2) is 0 Å². The van der Waals surface area contributed by atoms with E-state index in [0.29, 0.717) is 0 Å². The molecule has 0 aliphatic rings. The number of hydrogen-bond donors (Lipinski definition) is 2. The molecule has 0 bridgehead atoms. The fourth-order valence-electron chi connectivity index (χ4n) is 0.996. The molecule has 2 atom stereocenters. The minimum atomic E-state index is -4.22. The summed E-state index contributed by atoms with van der Waals surface area (Å²) >= 11 is 0.